The fourth-order valence-corrected chi connectivity index (χ4v) is 4.40. The van der Waals surface area contributed by atoms with Crippen molar-refractivity contribution in [2.24, 2.45) is 0 Å². The van der Waals surface area contributed by atoms with Crippen LogP contribution in [0.5, 0.6) is 0 Å². The Kier molecular flexibility index (Phi) is 5.28. The van der Waals surface area contributed by atoms with E-state index in [0.717, 1.165) is 24.0 Å². The van der Waals surface area contributed by atoms with Crippen LogP contribution in [0.25, 0.3) is 11.0 Å². The van der Waals surface area contributed by atoms with Gasteiger partial charge in [0.1, 0.15) is 0 Å². The van der Waals surface area contributed by atoms with E-state index in [2.05, 4.69) is 5.32 Å². The maximum atomic E-state index is 13.6. The molecule has 32 heavy (non-hydrogen) atoms. The number of carbonyl (C=O) groups is 2. The third-order valence-electron chi connectivity index (χ3n) is 5.38. The van der Waals surface area contributed by atoms with Gasteiger partial charge in [-0.25, -0.2) is 9.97 Å². The van der Waals surface area contributed by atoms with Gasteiger partial charge in [0.25, 0.3) is 11.8 Å². The summed E-state index contributed by atoms with van der Waals surface area (Å²) in [5.74, 6) is 0.889. The van der Waals surface area contributed by atoms with Crippen molar-refractivity contribution in [1.82, 2.24) is 9.97 Å². The summed E-state index contributed by atoms with van der Waals surface area (Å²) in [7, 11) is 1.97. The minimum atomic E-state index is -0.191. The Hall–Kier alpha value is -3.78. The van der Waals surface area contributed by atoms with Crippen LogP contribution in [-0.2, 0) is 0 Å². The first kappa shape index (κ1) is 20.1. The summed E-state index contributed by atoms with van der Waals surface area (Å²) in [4.78, 5) is 39.9. The lowest BCUT2D eigenvalue weighted by molar-refractivity contribution is 0.0984. The zero-order valence-electron chi connectivity index (χ0n) is 17.5. The topological polar surface area (TPSA) is 78.4 Å². The van der Waals surface area contributed by atoms with Crippen molar-refractivity contribution in [3.8, 4) is 0 Å². The molecule has 0 fully saturated rings. The van der Waals surface area contributed by atoms with E-state index < -0.39 is 0 Å². The van der Waals surface area contributed by atoms with Gasteiger partial charge in [-0.1, -0.05) is 24.3 Å². The Morgan fingerprint density at radius 1 is 0.938 bits per heavy atom. The van der Waals surface area contributed by atoms with Crippen LogP contribution < -0.4 is 15.1 Å². The molecule has 1 aliphatic rings. The molecular weight excluding hydrogens is 422 g/mol. The van der Waals surface area contributed by atoms with Crippen molar-refractivity contribution >= 4 is 51.5 Å². The molecule has 3 heterocycles. The number of amides is 2. The SMILES string of the molecule is CN1CCCN(C(=O)c2cccc(NC(=O)c3cccs3)c2)c2nc3ccccc3nc21. The fourth-order valence-electron chi connectivity index (χ4n) is 3.78. The Morgan fingerprint density at radius 3 is 2.47 bits per heavy atom. The number of nitrogens with one attached hydrogen (secondary N) is 1. The number of nitrogens with zero attached hydrogens (tertiary/aromatic N) is 4. The minimum absolute atomic E-state index is 0.168. The van der Waals surface area contributed by atoms with Crippen LogP contribution in [0.3, 0.4) is 0 Å². The molecular formula is C24H21N5O2S. The molecule has 0 atom stereocenters. The number of hydrogen-bond donors (Lipinski definition) is 1. The number of benzene rings is 2. The van der Waals surface area contributed by atoms with E-state index in [0.29, 0.717) is 34.3 Å². The van der Waals surface area contributed by atoms with Crippen LogP contribution in [0.15, 0.2) is 66.0 Å². The molecule has 4 aromatic rings. The first-order valence-electron chi connectivity index (χ1n) is 10.3. The molecule has 0 aliphatic carbocycles. The molecule has 8 heteroatoms. The van der Waals surface area contributed by atoms with E-state index in [1.165, 1.54) is 11.3 Å². The monoisotopic (exact) mass is 443 g/mol. The second kappa shape index (κ2) is 8.39. The van der Waals surface area contributed by atoms with E-state index in [1.54, 1.807) is 35.2 Å². The zero-order chi connectivity index (χ0) is 22.1. The average Bonchev–Trinajstić information content (AvgIpc) is 3.31. The molecule has 5 rings (SSSR count). The standard InChI is InChI=1S/C24H21N5O2S/c1-28-12-6-13-29(22-21(28)26-18-9-2-3-10-19(18)27-22)24(31)16-7-4-8-17(15-16)25-23(30)20-11-5-14-32-20/h2-5,7-11,14-15H,6,12-13H2,1H3,(H,25,30). The highest BCUT2D eigenvalue weighted by Crippen LogP contribution is 2.31. The first-order valence-corrected chi connectivity index (χ1v) is 11.2. The maximum Gasteiger partial charge on any atom is 0.265 e. The van der Waals surface area contributed by atoms with Gasteiger partial charge in [-0.3, -0.25) is 14.5 Å². The molecule has 1 aliphatic heterocycles. The summed E-state index contributed by atoms with van der Waals surface area (Å²) in [6.07, 6.45) is 0.797. The highest BCUT2D eigenvalue weighted by Gasteiger charge is 2.27. The van der Waals surface area contributed by atoms with Crippen LogP contribution in [0.1, 0.15) is 26.5 Å². The van der Waals surface area contributed by atoms with Gasteiger partial charge in [0, 0.05) is 31.4 Å². The smallest absolute Gasteiger partial charge is 0.265 e. The summed E-state index contributed by atoms with van der Waals surface area (Å²) in [6, 6.07) is 18.3. The molecule has 0 saturated carbocycles. The molecule has 0 unspecified atom stereocenters. The molecule has 0 bridgehead atoms. The van der Waals surface area contributed by atoms with Crippen LogP contribution in [0, 0.1) is 0 Å². The number of aromatic nitrogens is 2. The van der Waals surface area contributed by atoms with E-state index in [1.807, 2.05) is 47.7 Å². The maximum absolute atomic E-state index is 13.6. The van der Waals surface area contributed by atoms with Crippen molar-refractivity contribution in [1.29, 1.82) is 0 Å². The molecule has 0 spiro atoms. The number of hydrogen-bond acceptors (Lipinski definition) is 6. The van der Waals surface area contributed by atoms with E-state index in [4.69, 9.17) is 9.97 Å². The second-order valence-electron chi connectivity index (χ2n) is 7.60. The van der Waals surface area contributed by atoms with E-state index in [9.17, 15) is 9.59 Å². The number of carbonyl (C=O) groups excluding carboxylic acids is 2. The molecule has 2 aromatic heterocycles. The lowest BCUT2D eigenvalue weighted by Gasteiger charge is -2.23. The molecule has 0 radical (unpaired) electrons. The lowest BCUT2D eigenvalue weighted by atomic mass is 10.1. The summed E-state index contributed by atoms with van der Waals surface area (Å²) < 4.78 is 0. The van der Waals surface area contributed by atoms with Gasteiger partial charge in [-0.15, -0.1) is 11.3 Å². The summed E-state index contributed by atoms with van der Waals surface area (Å²) >= 11 is 1.37. The number of fused-ring (bicyclic) bond motifs is 2. The largest absolute Gasteiger partial charge is 0.357 e. The highest BCUT2D eigenvalue weighted by atomic mass is 32.1. The second-order valence-corrected chi connectivity index (χ2v) is 8.55. The number of rotatable bonds is 3. The van der Waals surface area contributed by atoms with Crippen molar-refractivity contribution < 1.29 is 9.59 Å². The predicted octanol–water partition coefficient (Wildman–Crippen LogP) is 4.43. The summed E-state index contributed by atoms with van der Waals surface area (Å²) in [6.45, 7) is 1.32. The predicted molar refractivity (Wildman–Crippen MR) is 128 cm³/mol. The Labute approximate surface area is 189 Å². The van der Waals surface area contributed by atoms with Gasteiger partial charge in [0.2, 0.25) is 0 Å². The van der Waals surface area contributed by atoms with Gasteiger partial charge in [0.15, 0.2) is 11.6 Å². The molecule has 2 amide bonds. The first-order chi connectivity index (χ1) is 15.6. The van der Waals surface area contributed by atoms with Gasteiger partial charge in [-0.05, 0) is 48.2 Å². The highest BCUT2D eigenvalue weighted by molar-refractivity contribution is 7.12. The summed E-state index contributed by atoms with van der Waals surface area (Å²) in [5, 5.41) is 4.72. The summed E-state index contributed by atoms with van der Waals surface area (Å²) in [5.41, 5.74) is 2.60. The van der Waals surface area contributed by atoms with E-state index in [-0.39, 0.29) is 11.8 Å². The Bertz CT molecular complexity index is 1310. The normalized spacial score (nSPS) is 13.5. The zero-order valence-corrected chi connectivity index (χ0v) is 18.3. The van der Waals surface area contributed by atoms with Crippen LogP contribution in [-0.4, -0.2) is 41.9 Å². The molecule has 0 saturated heterocycles. The third-order valence-corrected chi connectivity index (χ3v) is 6.25. The van der Waals surface area contributed by atoms with Crippen LogP contribution >= 0.6 is 11.3 Å². The molecule has 1 N–H and O–H groups in total. The number of para-hydroxylation sites is 2. The van der Waals surface area contributed by atoms with Crippen LogP contribution in [0.4, 0.5) is 17.3 Å². The minimum Gasteiger partial charge on any atom is -0.357 e. The van der Waals surface area contributed by atoms with Gasteiger partial charge >= 0.3 is 0 Å². The van der Waals surface area contributed by atoms with Gasteiger partial charge < -0.3 is 10.2 Å². The van der Waals surface area contributed by atoms with Crippen LogP contribution in [0.2, 0.25) is 0 Å². The van der Waals surface area contributed by atoms with E-state index >= 15 is 0 Å². The molecule has 7 nitrogen and oxygen atoms in total. The van der Waals surface area contributed by atoms with Gasteiger partial charge in [0.05, 0.1) is 15.9 Å². The average molecular weight is 444 g/mol. The quantitative estimate of drug-likeness (QED) is 0.507. The number of thiophene rings is 1. The lowest BCUT2D eigenvalue weighted by Crippen LogP contribution is -2.32. The molecule has 160 valence electrons. The van der Waals surface area contributed by atoms with Gasteiger partial charge in [-0.2, -0.15) is 0 Å². The van der Waals surface area contributed by atoms with Crippen molar-refractivity contribution in [2.45, 2.75) is 6.42 Å². The third kappa shape index (κ3) is 3.80. The number of anilines is 3. The van der Waals surface area contributed by atoms with Crippen molar-refractivity contribution in [3.05, 3.63) is 76.5 Å². The molecule has 2 aromatic carbocycles. The Balaban J connectivity index is 1.49. The van der Waals surface area contributed by atoms with Crippen molar-refractivity contribution in [3.63, 3.8) is 0 Å². The van der Waals surface area contributed by atoms with Crippen molar-refractivity contribution in [2.75, 3.05) is 35.3 Å². The fraction of sp³-hybridized carbons (Fsp3) is 0.167. The Morgan fingerprint density at radius 2 is 1.72 bits per heavy atom.